The molecule has 23 heavy (non-hydrogen) atoms. The molecule has 0 aliphatic rings. The van der Waals surface area contributed by atoms with Crippen LogP contribution in [0.4, 0.5) is 4.79 Å². The van der Waals surface area contributed by atoms with Crippen LogP contribution in [-0.2, 0) is 6.54 Å². The van der Waals surface area contributed by atoms with Crippen LogP contribution in [0.2, 0.25) is 0 Å². The number of carbonyl (C=O) groups excluding carboxylic acids is 1. The number of hydrogen-bond acceptors (Lipinski definition) is 5. The van der Waals surface area contributed by atoms with Gasteiger partial charge in [0.1, 0.15) is 16.9 Å². The van der Waals surface area contributed by atoms with Gasteiger partial charge >= 0.3 is 6.03 Å². The molecule has 126 valence electrons. The maximum Gasteiger partial charge on any atom is 0.312 e. The summed E-state index contributed by atoms with van der Waals surface area (Å²) in [5, 5.41) is 3.40. The number of nitrogens with one attached hydrogen (secondary N) is 1. The van der Waals surface area contributed by atoms with Crippen LogP contribution in [0.1, 0.15) is 39.0 Å². The second-order valence-corrected chi connectivity index (χ2v) is 6.43. The lowest BCUT2D eigenvalue weighted by Gasteiger charge is -2.05. The van der Waals surface area contributed by atoms with Crippen molar-refractivity contribution < 1.29 is 4.79 Å². The van der Waals surface area contributed by atoms with Crippen molar-refractivity contribution in [2.45, 2.75) is 50.6 Å². The van der Waals surface area contributed by atoms with E-state index in [0.29, 0.717) is 12.3 Å². The van der Waals surface area contributed by atoms with Crippen LogP contribution in [0.15, 0.2) is 17.7 Å². The van der Waals surface area contributed by atoms with Crippen molar-refractivity contribution in [2.24, 2.45) is 5.73 Å². The van der Waals surface area contributed by atoms with Crippen molar-refractivity contribution in [1.82, 2.24) is 24.8 Å². The predicted molar refractivity (Wildman–Crippen MR) is 92.4 cm³/mol. The third-order valence-corrected chi connectivity index (χ3v) is 4.49. The van der Waals surface area contributed by atoms with Gasteiger partial charge in [0.15, 0.2) is 5.65 Å². The SMILES string of the molecule is CCCCCCCn1cnc2c(SCCNC(N)=O)ncnc21. The van der Waals surface area contributed by atoms with Crippen LogP contribution in [0.5, 0.6) is 0 Å². The summed E-state index contributed by atoms with van der Waals surface area (Å²) in [7, 11) is 0. The number of amides is 2. The molecule has 2 aromatic heterocycles. The van der Waals surface area contributed by atoms with Crippen molar-refractivity contribution in [3.05, 3.63) is 12.7 Å². The van der Waals surface area contributed by atoms with Crippen molar-refractivity contribution in [3.8, 4) is 0 Å². The Bertz CT molecular complexity index is 629. The summed E-state index contributed by atoms with van der Waals surface area (Å²) in [6.45, 7) is 3.66. The normalized spacial score (nSPS) is 11.0. The Hall–Kier alpha value is -1.83. The Labute approximate surface area is 140 Å². The molecule has 2 heterocycles. The number of imidazole rings is 1. The quantitative estimate of drug-likeness (QED) is 0.395. The molecule has 8 heteroatoms. The van der Waals surface area contributed by atoms with Crippen molar-refractivity contribution >= 4 is 29.0 Å². The molecule has 2 rings (SSSR count). The van der Waals surface area contributed by atoms with Gasteiger partial charge in [-0.15, -0.1) is 11.8 Å². The number of carbonyl (C=O) groups is 1. The van der Waals surface area contributed by atoms with Crippen LogP contribution in [0, 0.1) is 0 Å². The van der Waals surface area contributed by atoms with E-state index in [-0.39, 0.29) is 0 Å². The van der Waals surface area contributed by atoms with E-state index < -0.39 is 6.03 Å². The molecule has 0 aromatic carbocycles. The van der Waals surface area contributed by atoms with Gasteiger partial charge in [0.05, 0.1) is 6.33 Å². The highest BCUT2D eigenvalue weighted by molar-refractivity contribution is 7.99. The van der Waals surface area contributed by atoms with Crippen LogP contribution in [0.25, 0.3) is 11.2 Å². The Morgan fingerprint density at radius 3 is 2.87 bits per heavy atom. The Kier molecular flexibility index (Phi) is 7.12. The fourth-order valence-electron chi connectivity index (χ4n) is 2.34. The summed E-state index contributed by atoms with van der Waals surface area (Å²) in [6.07, 6.45) is 9.62. The second-order valence-electron chi connectivity index (χ2n) is 5.34. The Morgan fingerprint density at radius 2 is 2.09 bits per heavy atom. The second kappa shape index (κ2) is 9.34. The summed E-state index contributed by atoms with van der Waals surface area (Å²) in [5.41, 5.74) is 6.74. The summed E-state index contributed by atoms with van der Waals surface area (Å²) >= 11 is 1.54. The number of unbranched alkanes of at least 4 members (excludes halogenated alkanes) is 4. The van der Waals surface area contributed by atoms with Crippen molar-refractivity contribution in [3.63, 3.8) is 0 Å². The summed E-state index contributed by atoms with van der Waals surface area (Å²) in [6, 6.07) is -0.509. The third kappa shape index (κ3) is 5.38. The van der Waals surface area contributed by atoms with E-state index in [1.807, 2.05) is 6.33 Å². The van der Waals surface area contributed by atoms with E-state index in [4.69, 9.17) is 5.73 Å². The molecule has 0 bridgehead atoms. The monoisotopic (exact) mass is 336 g/mol. The zero-order valence-corrected chi connectivity index (χ0v) is 14.3. The number of hydrogen-bond donors (Lipinski definition) is 2. The maximum absolute atomic E-state index is 10.7. The molecule has 0 saturated carbocycles. The standard InChI is InChI=1S/C15H24N6OS/c1-2-3-4-5-6-8-21-11-20-12-13(21)18-10-19-14(12)23-9-7-17-15(16)22/h10-11H,2-9H2,1H3,(H3,16,17,22). The maximum atomic E-state index is 10.7. The fraction of sp³-hybridized carbons (Fsp3) is 0.600. The molecule has 2 aromatic rings. The first-order valence-electron chi connectivity index (χ1n) is 8.04. The Balaban J connectivity index is 1.92. The van der Waals surface area contributed by atoms with Crippen molar-refractivity contribution in [2.75, 3.05) is 12.3 Å². The highest BCUT2D eigenvalue weighted by Gasteiger charge is 2.10. The smallest absolute Gasteiger partial charge is 0.312 e. The molecule has 0 radical (unpaired) electrons. The number of urea groups is 1. The number of primary amides is 1. The summed E-state index contributed by atoms with van der Waals surface area (Å²) in [4.78, 5) is 23.8. The minimum absolute atomic E-state index is 0.504. The predicted octanol–water partition coefficient (Wildman–Crippen LogP) is 2.56. The molecule has 0 spiro atoms. The van der Waals surface area contributed by atoms with E-state index in [2.05, 4.69) is 31.8 Å². The van der Waals surface area contributed by atoms with Crippen LogP contribution in [0.3, 0.4) is 0 Å². The molecular weight excluding hydrogens is 312 g/mol. The molecule has 0 saturated heterocycles. The van der Waals surface area contributed by atoms with E-state index in [1.165, 1.54) is 25.7 Å². The third-order valence-electron chi connectivity index (χ3n) is 3.51. The number of nitrogens with zero attached hydrogens (tertiary/aromatic N) is 4. The van der Waals surface area contributed by atoms with Gasteiger partial charge in [-0.05, 0) is 6.42 Å². The molecule has 0 aliphatic carbocycles. The number of aryl methyl sites for hydroxylation is 1. The lowest BCUT2D eigenvalue weighted by molar-refractivity contribution is 0.249. The first-order valence-corrected chi connectivity index (χ1v) is 9.03. The highest BCUT2D eigenvalue weighted by atomic mass is 32.2. The van der Waals surface area contributed by atoms with E-state index in [0.717, 1.165) is 29.2 Å². The average molecular weight is 336 g/mol. The number of thioether (sulfide) groups is 1. The lowest BCUT2D eigenvalue weighted by atomic mass is 10.1. The van der Waals surface area contributed by atoms with Gasteiger partial charge in [-0.3, -0.25) is 0 Å². The van der Waals surface area contributed by atoms with Gasteiger partial charge in [0, 0.05) is 18.8 Å². The van der Waals surface area contributed by atoms with E-state index >= 15 is 0 Å². The summed E-state index contributed by atoms with van der Waals surface area (Å²) in [5.74, 6) is 0.693. The number of aromatic nitrogens is 4. The van der Waals surface area contributed by atoms with Crippen LogP contribution < -0.4 is 11.1 Å². The topological polar surface area (TPSA) is 98.7 Å². The first kappa shape index (κ1) is 17.5. The van der Waals surface area contributed by atoms with Gasteiger partial charge in [-0.25, -0.2) is 19.7 Å². The van der Waals surface area contributed by atoms with Gasteiger partial charge in [-0.1, -0.05) is 32.6 Å². The largest absolute Gasteiger partial charge is 0.352 e. The number of fused-ring (bicyclic) bond motifs is 1. The summed E-state index contributed by atoms with van der Waals surface area (Å²) < 4.78 is 2.09. The minimum atomic E-state index is -0.509. The molecule has 0 atom stereocenters. The number of rotatable bonds is 10. The van der Waals surface area contributed by atoms with Crippen LogP contribution in [-0.4, -0.2) is 37.8 Å². The van der Waals surface area contributed by atoms with E-state index in [1.54, 1.807) is 18.1 Å². The van der Waals surface area contributed by atoms with E-state index in [9.17, 15) is 4.79 Å². The molecule has 3 N–H and O–H groups in total. The first-order chi connectivity index (χ1) is 11.2. The minimum Gasteiger partial charge on any atom is -0.352 e. The fourth-order valence-corrected chi connectivity index (χ4v) is 3.14. The zero-order chi connectivity index (χ0) is 16.5. The lowest BCUT2D eigenvalue weighted by Crippen LogP contribution is -2.31. The molecular formula is C15H24N6OS. The van der Waals surface area contributed by atoms with Gasteiger partial charge < -0.3 is 15.6 Å². The van der Waals surface area contributed by atoms with Crippen molar-refractivity contribution in [1.29, 1.82) is 0 Å². The molecule has 2 amide bonds. The van der Waals surface area contributed by atoms with Gasteiger partial charge in [-0.2, -0.15) is 0 Å². The van der Waals surface area contributed by atoms with Gasteiger partial charge in [0.2, 0.25) is 0 Å². The average Bonchev–Trinajstić information content (AvgIpc) is 2.95. The molecule has 7 nitrogen and oxygen atoms in total. The molecule has 0 aliphatic heterocycles. The zero-order valence-electron chi connectivity index (χ0n) is 13.5. The highest BCUT2D eigenvalue weighted by Crippen LogP contribution is 2.23. The number of nitrogens with two attached hydrogens (primary N) is 1. The molecule has 0 unspecified atom stereocenters. The van der Waals surface area contributed by atoms with Crippen LogP contribution >= 0.6 is 11.8 Å². The Morgan fingerprint density at radius 1 is 1.26 bits per heavy atom. The van der Waals surface area contributed by atoms with Gasteiger partial charge in [0.25, 0.3) is 0 Å². The molecule has 0 fully saturated rings.